The number of carbonyl (C=O) groups excluding carboxylic acids is 1. The van der Waals surface area contributed by atoms with Crippen LogP contribution in [0.1, 0.15) is 17.3 Å². The van der Waals surface area contributed by atoms with Crippen LogP contribution in [-0.2, 0) is 0 Å². The van der Waals surface area contributed by atoms with Crippen LogP contribution in [-0.4, -0.2) is 12.5 Å². The Balaban J connectivity index is 2.29. The maximum atomic E-state index is 13.6. The van der Waals surface area contributed by atoms with Crippen LogP contribution < -0.4 is 10.1 Å². The molecule has 6 heteroatoms. The van der Waals surface area contributed by atoms with Crippen molar-refractivity contribution in [2.45, 2.75) is 6.92 Å². The molecule has 0 bridgehead atoms. The quantitative estimate of drug-likeness (QED) is 0.872. The third kappa shape index (κ3) is 3.16. The Kier molecular flexibility index (Phi) is 4.47. The summed E-state index contributed by atoms with van der Waals surface area (Å²) in [7, 11) is 0. The molecular formula is C15H12F3NO2. The number of amides is 1. The van der Waals surface area contributed by atoms with E-state index in [9.17, 15) is 18.0 Å². The summed E-state index contributed by atoms with van der Waals surface area (Å²) in [4.78, 5) is 12.0. The predicted octanol–water partition coefficient (Wildman–Crippen LogP) is 3.75. The summed E-state index contributed by atoms with van der Waals surface area (Å²) in [6.07, 6.45) is 0. The number of benzene rings is 2. The van der Waals surface area contributed by atoms with Gasteiger partial charge in [-0.25, -0.2) is 13.2 Å². The molecule has 2 aromatic carbocycles. The lowest BCUT2D eigenvalue weighted by Crippen LogP contribution is -2.16. The molecule has 0 saturated carbocycles. The lowest BCUT2D eigenvalue weighted by atomic mass is 10.1. The molecule has 0 unspecified atom stereocenters. The Morgan fingerprint density at radius 3 is 2.52 bits per heavy atom. The van der Waals surface area contributed by atoms with E-state index in [4.69, 9.17) is 4.74 Å². The first-order valence-corrected chi connectivity index (χ1v) is 6.21. The first kappa shape index (κ1) is 14.9. The molecule has 0 heterocycles. The summed E-state index contributed by atoms with van der Waals surface area (Å²) in [5.41, 5.74) is -0.270. The van der Waals surface area contributed by atoms with Gasteiger partial charge in [-0.3, -0.25) is 4.79 Å². The minimum absolute atomic E-state index is 0.313. The summed E-state index contributed by atoms with van der Waals surface area (Å²) in [6.45, 7) is 2.15. The second kappa shape index (κ2) is 6.30. The highest BCUT2D eigenvalue weighted by Crippen LogP contribution is 2.25. The Labute approximate surface area is 119 Å². The molecule has 0 aliphatic rings. The summed E-state index contributed by atoms with van der Waals surface area (Å²) < 4.78 is 44.8. The van der Waals surface area contributed by atoms with E-state index in [0.29, 0.717) is 24.1 Å². The van der Waals surface area contributed by atoms with Gasteiger partial charge in [0.2, 0.25) is 0 Å². The number of nitrogens with one attached hydrogen (secondary N) is 1. The molecule has 1 amide bonds. The van der Waals surface area contributed by atoms with Gasteiger partial charge >= 0.3 is 0 Å². The van der Waals surface area contributed by atoms with E-state index in [-0.39, 0.29) is 0 Å². The highest BCUT2D eigenvalue weighted by atomic mass is 19.2. The molecular weight excluding hydrogens is 283 g/mol. The van der Waals surface area contributed by atoms with Gasteiger partial charge in [0.25, 0.3) is 5.91 Å². The normalized spacial score (nSPS) is 10.3. The maximum absolute atomic E-state index is 13.6. The third-order valence-corrected chi connectivity index (χ3v) is 2.71. The van der Waals surface area contributed by atoms with E-state index in [0.717, 1.165) is 6.07 Å². The van der Waals surface area contributed by atoms with Gasteiger partial charge in [-0.2, -0.15) is 0 Å². The van der Waals surface area contributed by atoms with Crippen molar-refractivity contribution in [3.63, 3.8) is 0 Å². The minimum Gasteiger partial charge on any atom is -0.492 e. The van der Waals surface area contributed by atoms with Crippen LogP contribution in [0.2, 0.25) is 0 Å². The van der Waals surface area contributed by atoms with E-state index in [1.807, 2.05) is 0 Å². The number of hydrogen-bond donors (Lipinski definition) is 1. The number of carbonyl (C=O) groups is 1. The second-order valence-electron chi connectivity index (χ2n) is 4.11. The molecule has 0 fully saturated rings. The number of halogens is 3. The molecule has 0 aliphatic carbocycles. The SMILES string of the molecule is CCOc1ccccc1NC(=O)c1ccc(F)c(F)c1F. The molecule has 3 nitrogen and oxygen atoms in total. The van der Waals surface area contributed by atoms with Crippen LogP contribution in [0.4, 0.5) is 18.9 Å². The van der Waals surface area contributed by atoms with Crippen LogP contribution in [0.3, 0.4) is 0 Å². The second-order valence-corrected chi connectivity index (χ2v) is 4.11. The fraction of sp³-hybridized carbons (Fsp3) is 0.133. The Morgan fingerprint density at radius 1 is 1.10 bits per heavy atom. The first-order valence-electron chi connectivity index (χ1n) is 6.21. The number of ether oxygens (including phenoxy) is 1. The van der Waals surface area contributed by atoms with Crippen LogP contribution in [0, 0.1) is 17.5 Å². The predicted molar refractivity (Wildman–Crippen MR) is 71.9 cm³/mol. The van der Waals surface area contributed by atoms with Gasteiger partial charge in [0.05, 0.1) is 17.9 Å². The number of anilines is 1. The van der Waals surface area contributed by atoms with Crippen molar-refractivity contribution >= 4 is 11.6 Å². The molecule has 1 N–H and O–H groups in total. The van der Waals surface area contributed by atoms with Gasteiger partial charge in [0, 0.05) is 0 Å². The third-order valence-electron chi connectivity index (χ3n) is 2.71. The highest BCUT2D eigenvalue weighted by Gasteiger charge is 2.19. The lowest BCUT2D eigenvalue weighted by molar-refractivity contribution is 0.102. The van der Waals surface area contributed by atoms with Gasteiger partial charge in [0.1, 0.15) is 5.75 Å². The van der Waals surface area contributed by atoms with Crippen LogP contribution in [0.5, 0.6) is 5.75 Å². The Hall–Kier alpha value is -2.50. The van der Waals surface area contributed by atoms with Crippen molar-refractivity contribution in [3.8, 4) is 5.75 Å². The molecule has 0 aliphatic heterocycles. The van der Waals surface area contributed by atoms with E-state index >= 15 is 0 Å². The zero-order valence-corrected chi connectivity index (χ0v) is 11.1. The summed E-state index contributed by atoms with van der Waals surface area (Å²) >= 11 is 0. The molecule has 0 saturated heterocycles. The van der Waals surface area contributed by atoms with Crippen molar-refractivity contribution < 1.29 is 22.7 Å². The van der Waals surface area contributed by atoms with Gasteiger partial charge in [-0.05, 0) is 31.2 Å². The fourth-order valence-electron chi connectivity index (χ4n) is 1.74. The first-order chi connectivity index (χ1) is 10.0. The standard InChI is InChI=1S/C15H12F3NO2/c1-2-21-12-6-4-3-5-11(12)19-15(20)9-7-8-10(16)14(18)13(9)17/h3-8H,2H2,1H3,(H,19,20). The summed E-state index contributed by atoms with van der Waals surface area (Å²) in [5, 5.41) is 2.41. The number of rotatable bonds is 4. The van der Waals surface area contributed by atoms with Crippen molar-refractivity contribution in [1.82, 2.24) is 0 Å². The molecule has 0 atom stereocenters. The fourth-order valence-corrected chi connectivity index (χ4v) is 1.74. The van der Waals surface area contributed by atoms with Gasteiger partial charge < -0.3 is 10.1 Å². The van der Waals surface area contributed by atoms with E-state index in [1.54, 1.807) is 31.2 Å². The topological polar surface area (TPSA) is 38.3 Å². The average molecular weight is 295 g/mol. The molecule has 2 rings (SSSR count). The average Bonchev–Trinajstić information content (AvgIpc) is 2.47. The van der Waals surface area contributed by atoms with Crippen molar-refractivity contribution in [2.24, 2.45) is 0 Å². The van der Waals surface area contributed by atoms with Crippen molar-refractivity contribution in [3.05, 3.63) is 59.4 Å². The van der Waals surface area contributed by atoms with E-state index < -0.39 is 28.9 Å². The molecule has 2 aromatic rings. The molecule has 0 aromatic heterocycles. The van der Waals surface area contributed by atoms with Gasteiger partial charge in [-0.1, -0.05) is 12.1 Å². The van der Waals surface area contributed by atoms with Gasteiger partial charge in [-0.15, -0.1) is 0 Å². The largest absolute Gasteiger partial charge is 0.492 e. The molecule has 0 radical (unpaired) electrons. The van der Waals surface area contributed by atoms with E-state index in [1.165, 1.54) is 0 Å². The molecule has 110 valence electrons. The van der Waals surface area contributed by atoms with Crippen LogP contribution in [0.15, 0.2) is 36.4 Å². The Morgan fingerprint density at radius 2 is 1.81 bits per heavy atom. The number of para-hydroxylation sites is 2. The Bertz CT molecular complexity index is 674. The zero-order chi connectivity index (χ0) is 15.4. The van der Waals surface area contributed by atoms with Gasteiger partial charge in [0.15, 0.2) is 17.5 Å². The van der Waals surface area contributed by atoms with Crippen LogP contribution in [0.25, 0.3) is 0 Å². The van der Waals surface area contributed by atoms with E-state index in [2.05, 4.69) is 5.32 Å². The summed E-state index contributed by atoms with van der Waals surface area (Å²) in [5.74, 6) is -5.05. The molecule has 21 heavy (non-hydrogen) atoms. The minimum atomic E-state index is -1.68. The smallest absolute Gasteiger partial charge is 0.258 e. The summed E-state index contributed by atoms with van der Waals surface area (Å²) in [6, 6.07) is 8.12. The maximum Gasteiger partial charge on any atom is 0.258 e. The highest BCUT2D eigenvalue weighted by molar-refractivity contribution is 6.05. The van der Waals surface area contributed by atoms with Crippen LogP contribution >= 0.6 is 0 Å². The lowest BCUT2D eigenvalue weighted by Gasteiger charge is -2.11. The van der Waals surface area contributed by atoms with Crippen molar-refractivity contribution in [1.29, 1.82) is 0 Å². The van der Waals surface area contributed by atoms with Crippen molar-refractivity contribution in [2.75, 3.05) is 11.9 Å². The zero-order valence-electron chi connectivity index (χ0n) is 11.1. The molecule has 0 spiro atoms. The monoisotopic (exact) mass is 295 g/mol. The number of hydrogen-bond acceptors (Lipinski definition) is 2.